The average Bonchev–Trinajstić information content (AvgIpc) is 2.73. The molecular formula is C19H21BrN2O5S2. The first-order valence-corrected chi connectivity index (χ1v) is 13.0. The molecule has 0 aromatic heterocycles. The van der Waals surface area contributed by atoms with Gasteiger partial charge in [-0.15, -0.1) is 0 Å². The number of anilines is 1. The predicted molar refractivity (Wildman–Crippen MR) is 113 cm³/mol. The van der Waals surface area contributed by atoms with Crippen molar-refractivity contribution in [1.82, 2.24) is 4.31 Å². The number of sulfonamides is 2. The lowest BCUT2D eigenvalue weighted by Gasteiger charge is -2.31. The number of nitrogens with zero attached hydrogens (tertiary/aromatic N) is 2. The lowest BCUT2D eigenvalue weighted by molar-refractivity contribution is 0.0730. The third-order valence-electron chi connectivity index (χ3n) is 5.14. The summed E-state index contributed by atoms with van der Waals surface area (Å²) in [6, 6.07) is 11.2. The number of morpholine rings is 1. The number of fused-ring (bicyclic) bond motifs is 1. The number of ether oxygens (including phenoxy) is 1. The van der Waals surface area contributed by atoms with Crippen LogP contribution in [0, 0.1) is 0 Å². The van der Waals surface area contributed by atoms with Crippen LogP contribution in [-0.2, 0) is 31.2 Å². The summed E-state index contributed by atoms with van der Waals surface area (Å²) in [5.41, 5.74) is 1.27. The maximum Gasteiger partial charge on any atom is 0.264 e. The van der Waals surface area contributed by atoms with Gasteiger partial charge in [0.25, 0.3) is 10.0 Å². The number of rotatable bonds is 4. The summed E-state index contributed by atoms with van der Waals surface area (Å²) in [4.78, 5) is 0.402. The smallest absolute Gasteiger partial charge is 0.264 e. The summed E-state index contributed by atoms with van der Waals surface area (Å²) < 4.78 is 61.0. The van der Waals surface area contributed by atoms with Gasteiger partial charge in [0.05, 0.1) is 28.7 Å². The van der Waals surface area contributed by atoms with E-state index in [1.165, 1.54) is 14.7 Å². The van der Waals surface area contributed by atoms with E-state index in [2.05, 4.69) is 15.9 Å². The third kappa shape index (κ3) is 3.96. The lowest BCUT2D eigenvalue weighted by Crippen LogP contribution is -2.40. The van der Waals surface area contributed by atoms with Crippen molar-refractivity contribution in [1.29, 1.82) is 0 Å². The minimum Gasteiger partial charge on any atom is -0.379 e. The Balaban J connectivity index is 1.69. The van der Waals surface area contributed by atoms with Crippen molar-refractivity contribution in [2.24, 2.45) is 0 Å². The summed E-state index contributed by atoms with van der Waals surface area (Å²) in [5.74, 6) is 0. The molecule has 0 aliphatic carbocycles. The molecule has 2 aliphatic rings. The molecule has 0 N–H and O–H groups in total. The fraction of sp³-hybridized carbons (Fsp3) is 0.368. The predicted octanol–water partition coefficient (Wildman–Crippen LogP) is 2.61. The molecule has 0 amide bonds. The number of halogens is 1. The largest absolute Gasteiger partial charge is 0.379 e. The Morgan fingerprint density at radius 3 is 2.17 bits per heavy atom. The van der Waals surface area contributed by atoms with Crippen molar-refractivity contribution in [3.05, 3.63) is 52.5 Å². The fourth-order valence-corrected chi connectivity index (χ4v) is 6.88. The molecule has 0 bridgehead atoms. The van der Waals surface area contributed by atoms with E-state index >= 15 is 0 Å². The summed E-state index contributed by atoms with van der Waals surface area (Å²) in [6.45, 7) is 1.76. The Bertz CT molecular complexity index is 1110. The first-order valence-electron chi connectivity index (χ1n) is 9.29. The molecule has 1 saturated heterocycles. The Morgan fingerprint density at radius 1 is 0.828 bits per heavy atom. The van der Waals surface area contributed by atoms with Gasteiger partial charge in [-0.1, -0.05) is 15.9 Å². The SMILES string of the molecule is O=S(=O)(c1ccc2c(c1)CCCN2S(=O)(=O)c1ccc(Br)cc1)N1CCOCC1. The highest BCUT2D eigenvalue weighted by molar-refractivity contribution is 9.10. The number of benzene rings is 2. The van der Waals surface area contributed by atoms with Gasteiger partial charge in [0.2, 0.25) is 10.0 Å². The summed E-state index contributed by atoms with van der Waals surface area (Å²) >= 11 is 3.32. The molecule has 0 saturated carbocycles. The number of hydrogen-bond acceptors (Lipinski definition) is 5. The molecule has 156 valence electrons. The Morgan fingerprint density at radius 2 is 1.48 bits per heavy atom. The van der Waals surface area contributed by atoms with Crippen molar-refractivity contribution in [2.75, 3.05) is 37.2 Å². The zero-order valence-electron chi connectivity index (χ0n) is 15.6. The van der Waals surface area contributed by atoms with Crippen molar-refractivity contribution < 1.29 is 21.6 Å². The lowest BCUT2D eigenvalue weighted by atomic mass is 10.0. The maximum absolute atomic E-state index is 13.2. The molecule has 7 nitrogen and oxygen atoms in total. The molecule has 2 heterocycles. The standard InChI is InChI=1S/C19H21BrN2O5S2/c20-16-3-5-17(6-4-16)29(25,26)22-9-1-2-15-14-18(7-8-19(15)22)28(23,24)21-10-12-27-13-11-21/h3-8,14H,1-2,9-13H2. The molecule has 2 aliphatic heterocycles. The first kappa shape index (κ1) is 20.8. The van der Waals surface area contributed by atoms with E-state index in [9.17, 15) is 16.8 Å². The Hall–Kier alpha value is -1.46. The van der Waals surface area contributed by atoms with E-state index in [0.717, 1.165) is 10.0 Å². The van der Waals surface area contributed by atoms with Gasteiger partial charge in [-0.2, -0.15) is 4.31 Å². The van der Waals surface area contributed by atoms with Crippen molar-refractivity contribution in [3.63, 3.8) is 0 Å². The maximum atomic E-state index is 13.2. The quantitative estimate of drug-likeness (QED) is 0.644. The van der Waals surface area contributed by atoms with Gasteiger partial charge in [0, 0.05) is 24.1 Å². The summed E-state index contributed by atoms with van der Waals surface area (Å²) in [5, 5.41) is 0. The van der Waals surface area contributed by atoms with Crippen LogP contribution >= 0.6 is 15.9 Å². The molecule has 29 heavy (non-hydrogen) atoms. The molecule has 0 radical (unpaired) electrons. The van der Waals surface area contributed by atoms with Crippen LogP contribution in [0.15, 0.2) is 56.7 Å². The van der Waals surface area contributed by atoms with E-state index in [1.807, 2.05) is 0 Å². The van der Waals surface area contributed by atoms with Crippen LogP contribution < -0.4 is 4.31 Å². The minimum absolute atomic E-state index is 0.195. The highest BCUT2D eigenvalue weighted by Gasteiger charge is 2.32. The van der Waals surface area contributed by atoms with Crippen LogP contribution in [0.3, 0.4) is 0 Å². The molecule has 0 unspecified atom stereocenters. The minimum atomic E-state index is -3.72. The van der Waals surface area contributed by atoms with E-state index in [1.54, 1.807) is 36.4 Å². The van der Waals surface area contributed by atoms with Gasteiger partial charge in [-0.3, -0.25) is 4.31 Å². The molecule has 10 heteroatoms. The topological polar surface area (TPSA) is 84.0 Å². The van der Waals surface area contributed by atoms with E-state index in [0.29, 0.717) is 51.4 Å². The highest BCUT2D eigenvalue weighted by atomic mass is 79.9. The zero-order chi connectivity index (χ0) is 20.6. The van der Waals surface area contributed by atoms with Crippen LogP contribution in [-0.4, -0.2) is 54.0 Å². The van der Waals surface area contributed by atoms with Gasteiger partial charge in [0.15, 0.2) is 0 Å². The third-order valence-corrected chi connectivity index (χ3v) is 9.39. The van der Waals surface area contributed by atoms with Crippen molar-refractivity contribution in [2.45, 2.75) is 22.6 Å². The van der Waals surface area contributed by atoms with Crippen LogP contribution in [0.5, 0.6) is 0 Å². The second-order valence-corrected chi connectivity index (χ2v) is 11.7. The van der Waals surface area contributed by atoms with Crippen LogP contribution in [0.2, 0.25) is 0 Å². The number of aryl methyl sites for hydroxylation is 1. The molecule has 1 fully saturated rings. The fourth-order valence-electron chi connectivity index (χ4n) is 3.62. The van der Waals surface area contributed by atoms with Gasteiger partial charge in [0.1, 0.15) is 0 Å². The first-order chi connectivity index (χ1) is 13.8. The highest BCUT2D eigenvalue weighted by Crippen LogP contribution is 2.34. The summed E-state index contributed by atoms with van der Waals surface area (Å²) in [7, 11) is -7.35. The molecule has 4 rings (SSSR count). The number of hydrogen-bond donors (Lipinski definition) is 0. The van der Waals surface area contributed by atoms with Crippen LogP contribution in [0.1, 0.15) is 12.0 Å². The molecule has 0 atom stereocenters. The average molecular weight is 501 g/mol. The van der Waals surface area contributed by atoms with Crippen LogP contribution in [0.25, 0.3) is 0 Å². The second kappa shape index (κ2) is 7.99. The zero-order valence-corrected chi connectivity index (χ0v) is 18.8. The van der Waals surface area contributed by atoms with Gasteiger partial charge >= 0.3 is 0 Å². The summed E-state index contributed by atoms with van der Waals surface area (Å²) in [6.07, 6.45) is 1.26. The van der Waals surface area contributed by atoms with Gasteiger partial charge in [-0.25, -0.2) is 16.8 Å². The van der Waals surface area contributed by atoms with E-state index in [4.69, 9.17) is 4.74 Å². The van der Waals surface area contributed by atoms with Gasteiger partial charge in [-0.05, 0) is 60.9 Å². The molecule has 0 spiro atoms. The van der Waals surface area contributed by atoms with Crippen LogP contribution in [0.4, 0.5) is 5.69 Å². The normalized spacial score (nSPS) is 18.4. The molecule has 2 aromatic carbocycles. The van der Waals surface area contributed by atoms with E-state index < -0.39 is 20.0 Å². The van der Waals surface area contributed by atoms with Crippen molar-refractivity contribution in [3.8, 4) is 0 Å². The van der Waals surface area contributed by atoms with Gasteiger partial charge < -0.3 is 4.74 Å². The Labute approximate surface area is 179 Å². The van der Waals surface area contributed by atoms with E-state index in [-0.39, 0.29) is 9.79 Å². The molecular weight excluding hydrogens is 480 g/mol. The second-order valence-electron chi connectivity index (χ2n) is 6.94. The Kier molecular flexibility index (Phi) is 5.73. The monoisotopic (exact) mass is 500 g/mol. The van der Waals surface area contributed by atoms with Crippen molar-refractivity contribution >= 4 is 41.7 Å². The molecule has 2 aromatic rings.